The van der Waals surface area contributed by atoms with Crippen molar-refractivity contribution in [2.24, 2.45) is 0 Å². The molecule has 0 saturated carbocycles. The fraction of sp³-hybridized carbons (Fsp3) is 0.120. The Balaban J connectivity index is 1.81. The van der Waals surface area contributed by atoms with E-state index in [1.54, 1.807) is 0 Å². The molecule has 0 bridgehead atoms. The fourth-order valence-electron chi connectivity index (χ4n) is 3.95. The second-order valence-electron chi connectivity index (χ2n) is 7.19. The molecule has 4 aromatic rings. The van der Waals surface area contributed by atoms with Gasteiger partial charge in [-0.05, 0) is 60.7 Å². The van der Waals surface area contributed by atoms with E-state index in [9.17, 15) is 0 Å². The summed E-state index contributed by atoms with van der Waals surface area (Å²) in [5.41, 5.74) is 7.23. The van der Waals surface area contributed by atoms with E-state index in [2.05, 4.69) is 72.5 Å². The Labute approximate surface area is 165 Å². The van der Waals surface area contributed by atoms with Gasteiger partial charge < -0.3 is 0 Å². The number of hydrogen-bond acceptors (Lipinski definition) is 3. The number of anilines is 3. The van der Waals surface area contributed by atoms with Crippen LogP contribution >= 0.6 is 0 Å². The molecule has 0 spiro atoms. The lowest BCUT2D eigenvalue weighted by atomic mass is 10.00. The van der Waals surface area contributed by atoms with Gasteiger partial charge in [0.25, 0.3) is 0 Å². The summed E-state index contributed by atoms with van der Waals surface area (Å²) < 4.78 is 0. The normalized spacial score (nSPS) is 12.8. The van der Waals surface area contributed by atoms with Crippen LogP contribution in [-0.4, -0.2) is 9.97 Å². The minimum atomic E-state index is 0.963. The van der Waals surface area contributed by atoms with Crippen molar-refractivity contribution in [3.63, 3.8) is 0 Å². The predicted octanol–water partition coefficient (Wildman–Crippen LogP) is 6.02. The molecular formula is C25H21N3. The van der Waals surface area contributed by atoms with Crippen molar-refractivity contribution in [2.75, 3.05) is 4.90 Å². The van der Waals surface area contributed by atoms with Crippen molar-refractivity contribution < 1.29 is 0 Å². The molecule has 3 heteroatoms. The topological polar surface area (TPSA) is 29.0 Å². The van der Waals surface area contributed by atoms with Gasteiger partial charge in [0.15, 0.2) is 0 Å². The zero-order valence-electron chi connectivity index (χ0n) is 15.8. The van der Waals surface area contributed by atoms with Crippen LogP contribution in [0.15, 0.2) is 85.2 Å². The number of hydrogen-bond donors (Lipinski definition) is 0. The van der Waals surface area contributed by atoms with Gasteiger partial charge in [-0.25, -0.2) is 9.97 Å². The fourth-order valence-corrected chi connectivity index (χ4v) is 3.95. The Morgan fingerprint density at radius 2 is 1.36 bits per heavy atom. The summed E-state index contributed by atoms with van der Waals surface area (Å²) in [6.07, 6.45) is 5.67. The smallest absolute Gasteiger partial charge is 0.141 e. The van der Waals surface area contributed by atoms with E-state index in [-0.39, 0.29) is 0 Å². The Morgan fingerprint density at radius 3 is 2.00 bits per heavy atom. The molecule has 2 aromatic carbocycles. The maximum Gasteiger partial charge on any atom is 0.141 e. The largest absolute Gasteiger partial charge is 0.278 e. The van der Waals surface area contributed by atoms with E-state index in [0.29, 0.717) is 0 Å². The number of aromatic nitrogens is 2. The molecule has 1 aliphatic heterocycles. The second kappa shape index (κ2) is 6.93. The number of nitrogens with zero attached hydrogens (tertiary/aromatic N) is 3. The minimum Gasteiger partial charge on any atom is -0.278 e. The van der Waals surface area contributed by atoms with Crippen LogP contribution in [0.3, 0.4) is 0 Å². The highest BCUT2D eigenvalue weighted by atomic mass is 15.2. The number of benzene rings is 2. The molecule has 0 aliphatic carbocycles. The molecule has 0 atom stereocenters. The first-order chi connectivity index (χ1) is 13.8. The predicted molar refractivity (Wildman–Crippen MR) is 114 cm³/mol. The van der Waals surface area contributed by atoms with Crippen molar-refractivity contribution in [1.29, 1.82) is 0 Å². The van der Waals surface area contributed by atoms with E-state index in [0.717, 1.165) is 30.2 Å². The zero-order valence-corrected chi connectivity index (χ0v) is 15.8. The van der Waals surface area contributed by atoms with Crippen molar-refractivity contribution in [2.45, 2.75) is 19.8 Å². The van der Waals surface area contributed by atoms with Crippen molar-refractivity contribution in [3.8, 4) is 11.1 Å². The standard InChI is InChI=1S/C25H21N3/c1-18-11-14-23(22(17-18)19-7-3-2-4-8-19)28-24-20(9-5-15-26-24)12-13-21-10-6-16-27-25(21)28/h2-11,14-17H,12-13H2,1H3. The summed E-state index contributed by atoms with van der Waals surface area (Å²) in [5.74, 6) is 1.95. The third-order valence-electron chi connectivity index (χ3n) is 5.30. The lowest BCUT2D eigenvalue weighted by Crippen LogP contribution is -2.15. The van der Waals surface area contributed by atoms with Crippen LogP contribution in [0, 0.1) is 6.92 Å². The highest BCUT2D eigenvalue weighted by Gasteiger charge is 2.26. The van der Waals surface area contributed by atoms with Gasteiger partial charge in [0.05, 0.1) is 5.69 Å². The molecule has 0 radical (unpaired) electrons. The van der Waals surface area contributed by atoms with Crippen molar-refractivity contribution >= 4 is 17.3 Å². The van der Waals surface area contributed by atoms with E-state index < -0.39 is 0 Å². The maximum absolute atomic E-state index is 4.78. The van der Waals surface area contributed by atoms with Crippen LogP contribution in [-0.2, 0) is 12.8 Å². The summed E-state index contributed by atoms with van der Waals surface area (Å²) in [5, 5.41) is 0. The van der Waals surface area contributed by atoms with Gasteiger partial charge in [-0.1, -0.05) is 54.1 Å². The van der Waals surface area contributed by atoms with Crippen LogP contribution in [0.5, 0.6) is 0 Å². The van der Waals surface area contributed by atoms with Gasteiger partial charge in [-0.2, -0.15) is 0 Å². The molecule has 0 amide bonds. The molecule has 0 saturated heterocycles. The Kier molecular flexibility index (Phi) is 4.13. The average molecular weight is 363 g/mol. The molecule has 3 nitrogen and oxygen atoms in total. The van der Waals surface area contributed by atoms with E-state index >= 15 is 0 Å². The summed E-state index contributed by atoms with van der Waals surface area (Å²) in [7, 11) is 0. The molecule has 136 valence electrons. The summed E-state index contributed by atoms with van der Waals surface area (Å²) in [4.78, 5) is 11.8. The van der Waals surface area contributed by atoms with Crippen LogP contribution in [0.25, 0.3) is 11.1 Å². The van der Waals surface area contributed by atoms with E-state index in [4.69, 9.17) is 9.97 Å². The first-order valence-corrected chi connectivity index (χ1v) is 9.65. The quantitative estimate of drug-likeness (QED) is 0.436. The minimum absolute atomic E-state index is 0.963. The van der Waals surface area contributed by atoms with Crippen LogP contribution in [0.1, 0.15) is 16.7 Å². The third-order valence-corrected chi connectivity index (χ3v) is 5.30. The van der Waals surface area contributed by atoms with Gasteiger partial charge in [0.1, 0.15) is 11.6 Å². The number of aryl methyl sites for hydroxylation is 3. The monoisotopic (exact) mass is 363 g/mol. The van der Waals surface area contributed by atoms with Gasteiger partial charge >= 0.3 is 0 Å². The molecule has 3 heterocycles. The first-order valence-electron chi connectivity index (χ1n) is 9.65. The SMILES string of the molecule is Cc1ccc(N2c3ncccc3CCc3cccnc32)c(-c2ccccc2)c1. The van der Waals surface area contributed by atoms with Crippen LogP contribution in [0.2, 0.25) is 0 Å². The van der Waals surface area contributed by atoms with Gasteiger partial charge in [0, 0.05) is 18.0 Å². The highest BCUT2D eigenvalue weighted by molar-refractivity contribution is 5.88. The maximum atomic E-state index is 4.78. The number of pyridine rings is 2. The lowest BCUT2D eigenvalue weighted by molar-refractivity contribution is 0.966. The summed E-state index contributed by atoms with van der Waals surface area (Å²) in [6.45, 7) is 2.14. The van der Waals surface area contributed by atoms with Gasteiger partial charge in [0.2, 0.25) is 0 Å². The van der Waals surface area contributed by atoms with Crippen molar-refractivity contribution in [3.05, 3.63) is 102 Å². The highest BCUT2D eigenvalue weighted by Crippen LogP contribution is 2.43. The third kappa shape index (κ3) is 2.85. The summed E-state index contributed by atoms with van der Waals surface area (Å²) in [6, 6.07) is 25.6. The average Bonchev–Trinajstić information content (AvgIpc) is 2.91. The van der Waals surface area contributed by atoms with Crippen LogP contribution in [0.4, 0.5) is 17.3 Å². The van der Waals surface area contributed by atoms with Gasteiger partial charge in [-0.15, -0.1) is 0 Å². The zero-order chi connectivity index (χ0) is 18.9. The van der Waals surface area contributed by atoms with Gasteiger partial charge in [-0.3, -0.25) is 4.90 Å². The van der Waals surface area contributed by atoms with Crippen molar-refractivity contribution in [1.82, 2.24) is 9.97 Å². The second-order valence-corrected chi connectivity index (χ2v) is 7.19. The first kappa shape index (κ1) is 16.7. The molecule has 5 rings (SSSR count). The van der Waals surface area contributed by atoms with Crippen LogP contribution < -0.4 is 4.90 Å². The molecule has 2 aromatic heterocycles. The molecule has 0 fully saturated rings. The molecule has 0 unspecified atom stereocenters. The van der Waals surface area contributed by atoms with E-state index in [1.807, 2.05) is 24.5 Å². The Hall–Kier alpha value is -3.46. The molecule has 0 N–H and O–H groups in total. The number of rotatable bonds is 2. The molecule has 28 heavy (non-hydrogen) atoms. The van der Waals surface area contributed by atoms with E-state index in [1.165, 1.54) is 27.8 Å². The Bertz CT molecular complexity index is 1090. The summed E-state index contributed by atoms with van der Waals surface area (Å²) >= 11 is 0. The lowest BCUT2D eigenvalue weighted by Gasteiger charge is -2.27. The molecule has 1 aliphatic rings. The Morgan fingerprint density at radius 1 is 0.714 bits per heavy atom. The molecular weight excluding hydrogens is 342 g/mol. The number of fused-ring (bicyclic) bond motifs is 2.